The second kappa shape index (κ2) is 8.64. The number of hydrogen-bond acceptors (Lipinski definition) is 3. The molecule has 1 unspecified atom stereocenters. The lowest BCUT2D eigenvalue weighted by molar-refractivity contribution is -0.153. The maximum atomic E-state index is 12.2. The van der Waals surface area contributed by atoms with Gasteiger partial charge in [-0.15, -0.1) is 0 Å². The highest BCUT2D eigenvalue weighted by Gasteiger charge is 2.29. The lowest BCUT2D eigenvalue weighted by atomic mass is 10.1. The first-order valence-electron chi connectivity index (χ1n) is 7.41. The zero-order valence-electron chi connectivity index (χ0n) is 13.5. The summed E-state index contributed by atoms with van der Waals surface area (Å²) in [6.45, 7) is 2.53. The Balaban J connectivity index is 2.63. The Morgan fingerprint density at radius 2 is 2.00 bits per heavy atom. The fourth-order valence-electron chi connectivity index (χ4n) is 1.85. The fourth-order valence-corrected chi connectivity index (χ4v) is 1.85. The minimum atomic E-state index is -4.41. The normalized spacial score (nSPS) is 12.6. The molecule has 0 aliphatic carbocycles. The van der Waals surface area contributed by atoms with E-state index in [1.54, 1.807) is 12.1 Å². The maximum absolute atomic E-state index is 12.2. The van der Waals surface area contributed by atoms with Gasteiger partial charge in [-0.1, -0.05) is 13.0 Å². The molecule has 0 aliphatic rings. The van der Waals surface area contributed by atoms with Crippen LogP contribution in [0.3, 0.4) is 0 Å². The Kier molecular flexibility index (Phi) is 7.19. The number of rotatable bonds is 8. The van der Waals surface area contributed by atoms with E-state index in [2.05, 4.69) is 5.32 Å². The highest BCUT2D eigenvalue weighted by atomic mass is 19.4. The first kappa shape index (κ1) is 19.1. The molecule has 1 aromatic rings. The number of ether oxygens (including phenoxy) is 2. The maximum Gasteiger partial charge on any atom is 0.422 e. The molecule has 1 aromatic carbocycles. The zero-order valence-corrected chi connectivity index (χ0v) is 13.5. The van der Waals surface area contributed by atoms with Gasteiger partial charge in [0.2, 0.25) is 5.91 Å². The fraction of sp³-hybridized carbons (Fsp3) is 0.562. The topological polar surface area (TPSA) is 47.6 Å². The summed E-state index contributed by atoms with van der Waals surface area (Å²) in [7, 11) is 1.36. The molecule has 130 valence electrons. The van der Waals surface area contributed by atoms with Crippen molar-refractivity contribution in [1.29, 1.82) is 0 Å². The van der Waals surface area contributed by atoms with Crippen molar-refractivity contribution in [3.63, 3.8) is 0 Å². The number of nitrogens with one attached hydrogen (secondary N) is 1. The summed E-state index contributed by atoms with van der Waals surface area (Å²) < 4.78 is 46.3. The predicted molar refractivity (Wildman–Crippen MR) is 80.8 cm³/mol. The monoisotopic (exact) mass is 333 g/mol. The van der Waals surface area contributed by atoms with E-state index in [0.717, 1.165) is 12.0 Å². The highest BCUT2D eigenvalue weighted by Crippen LogP contribution is 2.30. The van der Waals surface area contributed by atoms with Gasteiger partial charge in [0.1, 0.15) is 0 Å². The lowest BCUT2D eigenvalue weighted by Gasteiger charge is -2.14. The average molecular weight is 333 g/mol. The first-order chi connectivity index (χ1) is 10.7. The van der Waals surface area contributed by atoms with E-state index in [4.69, 9.17) is 9.47 Å². The predicted octanol–water partition coefficient (Wildman–Crippen LogP) is 3.48. The summed E-state index contributed by atoms with van der Waals surface area (Å²) >= 11 is 0. The van der Waals surface area contributed by atoms with Crippen LogP contribution in [0.4, 0.5) is 13.2 Å². The standard InChI is InChI=1S/C16H22F3NO3/c1-4-11(2)20-15(21)8-6-12-5-7-13(14(9-12)22-3)23-10-16(17,18)19/h5,7,9,11H,4,6,8,10H2,1-3H3,(H,20,21). The van der Waals surface area contributed by atoms with Crippen molar-refractivity contribution in [2.75, 3.05) is 13.7 Å². The number of carbonyl (C=O) groups is 1. The molecule has 0 spiro atoms. The molecule has 0 aromatic heterocycles. The largest absolute Gasteiger partial charge is 0.493 e. The summed E-state index contributed by atoms with van der Waals surface area (Å²) in [6.07, 6.45) is -2.78. The molecule has 7 heteroatoms. The van der Waals surface area contributed by atoms with E-state index in [-0.39, 0.29) is 23.4 Å². The summed E-state index contributed by atoms with van der Waals surface area (Å²) in [5.41, 5.74) is 0.792. The summed E-state index contributed by atoms with van der Waals surface area (Å²) in [4.78, 5) is 11.7. The third-order valence-electron chi connectivity index (χ3n) is 3.28. The van der Waals surface area contributed by atoms with Gasteiger partial charge in [0, 0.05) is 12.5 Å². The Morgan fingerprint density at radius 3 is 2.57 bits per heavy atom. The SMILES string of the molecule is CCC(C)NC(=O)CCc1ccc(OCC(F)(F)F)c(OC)c1. The van der Waals surface area contributed by atoms with Crippen LogP contribution in [-0.4, -0.2) is 31.8 Å². The summed E-state index contributed by atoms with van der Waals surface area (Å²) in [5, 5.41) is 2.86. The van der Waals surface area contributed by atoms with Gasteiger partial charge in [-0.05, 0) is 37.5 Å². The smallest absolute Gasteiger partial charge is 0.422 e. The van der Waals surface area contributed by atoms with Crippen molar-refractivity contribution in [2.45, 2.75) is 45.3 Å². The molecule has 1 atom stereocenters. The second-order valence-electron chi connectivity index (χ2n) is 5.27. The molecule has 1 rings (SSSR count). The average Bonchev–Trinajstić information content (AvgIpc) is 2.50. The second-order valence-corrected chi connectivity index (χ2v) is 5.27. The number of aryl methyl sites for hydroxylation is 1. The van der Waals surface area contributed by atoms with Gasteiger partial charge in [-0.3, -0.25) is 4.79 Å². The zero-order chi connectivity index (χ0) is 17.5. The number of hydrogen-bond donors (Lipinski definition) is 1. The van der Waals surface area contributed by atoms with Crippen molar-refractivity contribution in [2.24, 2.45) is 0 Å². The van der Waals surface area contributed by atoms with E-state index in [9.17, 15) is 18.0 Å². The van der Waals surface area contributed by atoms with Gasteiger partial charge in [0.15, 0.2) is 18.1 Å². The summed E-state index contributed by atoms with van der Waals surface area (Å²) in [6, 6.07) is 4.76. The Bertz CT molecular complexity index is 518. The molecule has 0 heterocycles. The van der Waals surface area contributed by atoms with Gasteiger partial charge >= 0.3 is 6.18 Å². The number of carbonyl (C=O) groups excluding carboxylic acids is 1. The third kappa shape index (κ3) is 7.25. The van der Waals surface area contributed by atoms with Crippen molar-refractivity contribution in [3.8, 4) is 11.5 Å². The van der Waals surface area contributed by atoms with E-state index in [1.165, 1.54) is 13.2 Å². The third-order valence-corrected chi connectivity index (χ3v) is 3.28. The minimum Gasteiger partial charge on any atom is -0.493 e. The van der Waals surface area contributed by atoms with Gasteiger partial charge in [-0.25, -0.2) is 0 Å². The Morgan fingerprint density at radius 1 is 1.30 bits per heavy atom. The number of alkyl halides is 3. The molecule has 1 N–H and O–H groups in total. The van der Waals surface area contributed by atoms with Crippen molar-refractivity contribution in [1.82, 2.24) is 5.32 Å². The molecule has 0 radical (unpaired) electrons. The first-order valence-corrected chi connectivity index (χ1v) is 7.41. The lowest BCUT2D eigenvalue weighted by Crippen LogP contribution is -2.32. The molecule has 4 nitrogen and oxygen atoms in total. The van der Waals surface area contributed by atoms with E-state index in [0.29, 0.717) is 12.8 Å². The number of benzene rings is 1. The quantitative estimate of drug-likeness (QED) is 0.792. The van der Waals surface area contributed by atoms with Crippen LogP contribution in [0.15, 0.2) is 18.2 Å². The van der Waals surface area contributed by atoms with Crippen molar-refractivity contribution < 1.29 is 27.4 Å². The minimum absolute atomic E-state index is 0.0256. The molecule has 23 heavy (non-hydrogen) atoms. The van der Waals surface area contributed by atoms with Crippen LogP contribution in [-0.2, 0) is 11.2 Å². The molecule has 0 saturated carbocycles. The van der Waals surface area contributed by atoms with Crippen molar-refractivity contribution >= 4 is 5.91 Å². The van der Waals surface area contributed by atoms with Gasteiger partial charge in [0.25, 0.3) is 0 Å². The van der Waals surface area contributed by atoms with E-state index < -0.39 is 12.8 Å². The van der Waals surface area contributed by atoms with Crippen LogP contribution in [0, 0.1) is 0 Å². The van der Waals surface area contributed by atoms with Gasteiger partial charge in [0.05, 0.1) is 7.11 Å². The van der Waals surface area contributed by atoms with Crippen LogP contribution >= 0.6 is 0 Å². The molecule has 0 saturated heterocycles. The number of halogens is 3. The number of methoxy groups -OCH3 is 1. The van der Waals surface area contributed by atoms with E-state index >= 15 is 0 Å². The van der Waals surface area contributed by atoms with E-state index in [1.807, 2.05) is 13.8 Å². The molecule has 0 bridgehead atoms. The molecule has 1 amide bonds. The van der Waals surface area contributed by atoms with Crippen LogP contribution in [0.1, 0.15) is 32.3 Å². The van der Waals surface area contributed by atoms with Gasteiger partial charge < -0.3 is 14.8 Å². The molecule has 0 aliphatic heterocycles. The molecule has 0 fully saturated rings. The Hall–Kier alpha value is -1.92. The van der Waals surface area contributed by atoms with Crippen LogP contribution in [0.2, 0.25) is 0 Å². The van der Waals surface area contributed by atoms with Crippen LogP contribution in [0.5, 0.6) is 11.5 Å². The summed E-state index contributed by atoms with van der Waals surface area (Å²) in [5.74, 6) is 0.183. The molecular weight excluding hydrogens is 311 g/mol. The Labute approximate surface area is 134 Å². The highest BCUT2D eigenvalue weighted by molar-refractivity contribution is 5.76. The van der Waals surface area contributed by atoms with Crippen LogP contribution in [0.25, 0.3) is 0 Å². The van der Waals surface area contributed by atoms with Gasteiger partial charge in [-0.2, -0.15) is 13.2 Å². The number of amides is 1. The van der Waals surface area contributed by atoms with Crippen LogP contribution < -0.4 is 14.8 Å². The van der Waals surface area contributed by atoms with Crippen molar-refractivity contribution in [3.05, 3.63) is 23.8 Å². The molecular formula is C16H22F3NO3.